The normalized spacial score (nSPS) is 14.0. The van der Waals surface area contributed by atoms with Crippen LogP contribution in [0, 0.1) is 20.2 Å². The number of hydrogen-bond acceptors (Lipinski definition) is 5. The summed E-state index contributed by atoms with van der Waals surface area (Å²) in [6, 6.07) is 7.95. The average molecular weight is 367 g/mol. The monoisotopic (exact) mass is 367 g/mol. The van der Waals surface area contributed by atoms with Crippen molar-refractivity contribution in [2.75, 3.05) is 11.4 Å². The number of alkyl halides is 3. The quantitative estimate of drug-likeness (QED) is 0.602. The molecule has 0 amide bonds. The molecule has 136 valence electrons. The fourth-order valence-corrected chi connectivity index (χ4v) is 3.06. The highest BCUT2D eigenvalue weighted by molar-refractivity contribution is 5.77. The molecule has 0 fully saturated rings. The molecule has 0 radical (unpaired) electrons. The maximum atomic E-state index is 13.0. The zero-order chi connectivity index (χ0) is 19.1. The number of halogens is 3. The number of fused-ring (bicyclic) bond motifs is 1. The van der Waals surface area contributed by atoms with Gasteiger partial charge in [0.05, 0.1) is 15.4 Å². The summed E-state index contributed by atoms with van der Waals surface area (Å²) in [6.07, 6.45) is -4.45. The van der Waals surface area contributed by atoms with E-state index in [9.17, 15) is 33.4 Å². The second-order valence-corrected chi connectivity index (χ2v) is 5.82. The van der Waals surface area contributed by atoms with E-state index in [2.05, 4.69) is 0 Å². The van der Waals surface area contributed by atoms with Crippen LogP contribution in [0.1, 0.15) is 16.7 Å². The van der Waals surface area contributed by atoms with Crippen molar-refractivity contribution in [2.24, 2.45) is 0 Å². The number of anilines is 1. The molecule has 26 heavy (non-hydrogen) atoms. The Morgan fingerprint density at radius 2 is 1.50 bits per heavy atom. The summed E-state index contributed by atoms with van der Waals surface area (Å²) in [4.78, 5) is 22.1. The lowest BCUT2D eigenvalue weighted by molar-refractivity contribution is -0.393. The molecule has 0 unspecified atom stereocenters. The molecule has 0 atom stereocenters. The second-order valence-electron chi connectivity index (χ2n) is 5.82. The van der Waals surface area contributed by atoms with E-state index in [1.165, 1.54) is 4.90 Å². The van der Waals surface area contributed by atoms with Gasteiger partial charge in [-0.2, -0.15) is 13.2 Å². The van der Waals surface area contributed by atoms with Crippen LogP contribution < -0.4 is 4.90 Å². The molecule has 0 aliphatic carbocycles. The van der Waals surface area contributed by atoms with Crippen molar-refractivity contribution in [3.8, 4) is 0 Å². The molecule has 1 aliphatic heterocycles. The molecule has 3 rings (SSSR count). The second kappa shape index (κ2) is 6.28. The van der Waals surface area contributed by atoms with Gasteiger partial charge in [-0.15, -0.1) is 0 Å². The van der Waals surface area contributed by atoms with Crippen LogP contribution in [0.15, 0.2) is 36.4 Å². The van der Waals surface area contributed by atoms with Crippen LogP contribution in [-0.2, 0) is 19.1 Å². The fourth-order valence-electron chi connectivity index (χ4n) is 3.06. The Labute approximate surface area is 145 Å². The number of hydrogen-bond donors (Lipinski definition) is 0. The third-order valence-corrected chi connectivity index (χ3v) is 4.24. The third kappa shape index (κ3) is 3.17. The van der Waals surface area contributed by atoms with Gasteiger partial charge in [-0.25, -0.2) is 0 Å². The van der Waals surface area contributed by atoms with Crippen LogP contribution in [0.25, 0.3) is 0 Å². The smallest absolute Gasteiger partial charge is 0.356 e. The molecule has 0 N–H and O–H groups in total. The van der Waals surface area contributed by atoms with Gasteiger partial charge in [0.15, 0.2) is 5.69 Å². The summed E-state index contributed by atoms with van der Waals surface area (Å²) in [6.45, 7) is 0.368. The summed E-state index contributed by atoms with van der Waals surface area (Å²) in [5, 5.41) is 22.7. The van der Waals surface area contributed by atoms with Gasteiger partial charge < -0.3 is 4.90 Å². The molecule has 2 aromatic rings. The topological polar surface area (TPSA) is 89.5 Å². The SMILES string of the molecule is O=[N+]([O-])c1cc(C(F)(F)F)cc([N+](=O)[O-])c1N1CCc2ccccc2C1. The molecule has 1 heterocycles. The zero-order valence-electron chi connectivity index (χ0n) is 13.2. The Balaban J connectivity index is 2.17. The van der Waals surface area contributed by atoms with Crippen molar-refractivity contribution in [1.82, 2.24) is 0 Å². The van der Waals surface area contributed by atoms with E-state index in [-0.39, 0.29) is 13.1 Å². The number of nitro benzene ring substituents is 2. The van der Waals surface area contributed by atoms with Crippen LogP contribution >= 0.6 is 0 Å². The summed E-state index contributed by atoms with van der Waals surface area (Å²) in [5.74, 6) is 0. The first-order chi connectivity index (χ1) is 12.2. The molecular formula is C16H12F3N3O4. The zero-order valence-corrected chi connectivity index (χ0v) is 13.2. The van der Waals surface area contributed by atoms with Crippen molar-refractivity contribution in [3.63, 3.8) is 0 Å². The Kier molecular flexibility index (Phi) is 4.26. The molecule has 7 nitrogen and oxygen atoms in total. The Morgan fingerprint density at radius 1 is 0.962 bits per heavy atom. The maximum Gasteiger partial charge on any atom is 0.416 e. The summed E-state index contributed by atoms with van der Waals surface area (Å²) < 4.78 is 39.0. The standard InChI is InChI=1S/C16H12F3N3O4/c17-16(18,19)12-7-13(21(23)24)15(14(8-12)22(25)26)20-6-5-10-3-1-2-4-11(10)9-20/h1-4,7-8H,5-6,9H2. The average Bonchev–Trinajstić information content (AvgIpc) is 2.59. The van der Waals surface area contributed by atoms with Gasteiger partial charge in [-0.05, 0) is 17.5 Å². The maximum absolute atomic E-state index is 13.0. The van der Waals surface area contributed by atoms with Crippen LogP contribution in [0.4, 0.5) is 30.2 Å². The summed E-state index contributed by atoms with van der Waals surface area (Å²) >= 11 is 0. The van der Waals surface area contributed by atoms with E-state index in [1.54, 1.807) is 12.1 Å². The molecule has 0 saturated heterocycles. The molecule has 10 heteroatoms. The van der Waals surface area contributed by atoms with E-state index >= 15 is 0 Å². The van der Waals surface area contributed by atoms with Crippen LogP contribution in [0.2, 0.25) is 0 Å². The van der Waals surface area contributed by atoms with Gasteiger partial charge in [0.25, 0.3) is 11.4 Å². The van der Waals surface area contributed by atoms with E-state index < -0.39 is 38.6 Å². The molecule has 0 spiro atoms. The first-order valence-electron chi connectivity index (χ1n) is 7.54. The number of nitro groups is 2. The predicted octanol–water partition coefficient (Wildman–Crippen LogP) is 4.08. The van der Waals surface area contributed by atoms with Crippen molar-refractivity contribution in [2.45, 2.75) is 19.1 Å². The van der Waals surface area contributed by atoms with E-state index in [0.29, 0.717) is 18.6 Å². The highest BCUT2D eigenvalue weighted by Crippen LogP contribution is 2.44. The first kappa shape index (κ1) is 17.6. The Bertz CT molecular complexity index is 864. The van der Waals surface area contributed by atoms with E-state index in [1.807, 2.05) is 12.1 Å². The number of rotatable bonds is 3. The molecule has 0 saturated carbocycles. The van der Waals surface area contributed by atoms with Crippen LogP contribution in [-0.4, -0.2) is 16.4 Å². The van der Waals surface area contributed by atoms with Crippen LogP contribution in [0.5, 0.6) is 0 Å². The largest absolute Gasteiger partial charge is 0.416 e. The number of benzene rings is 2. The molecular weight excluding hydrogens is 355 g/mol. The Hall–Kier alpha value is -3.17. The van der Waals surface area contributed by atoms with Gasteiger partial charge >= 0.3 is 6.18 Å². The molecule has 0 bridgehead atoms. The lowest BCUT2D eigenvalue weighted by atomic mass is 9.98. The van der Waals surface area contributed by atoms with Gasteiger partial charge in [-0.1, -0.05) is 24.3 Å². The van der Waals surface area contributed by atoms with E-state index in [0.717, 1.165) is 11.1 Å². The fraction of sp³-hybridized carbons (Fsp3) is 0.250. The van der Waals surface area contributed by atoms with Crippen molar-refractivity contribution in [1.29, 1.82) is 0 Å². The van der Waals surface area contributed by atoms with Gasteiger partial charge in [0.2, 0.25) is 0 Å². The lowest BCUT2D eigenvalue weighted by Gasteiger charge is -2.30. The first-order valence-corrected chi connectivity index (χ1v) is 7.54. The molecule has 1 aliphatic rings. The Morgan fingerprint density at radius 3 is 2.00 bits per heavy atom. The summed E-state index contributed by atoms with van der Waals surface area (Å²) in [7, 11) is 0. The molecule has 2 aromatic carbocycles. The van der Waals surface area contributed by atoms with Gasteiger partial charge in [-0.3, -0.25) is 20.2 Å². The van der Waals surface area contributed by atoms with Gasteiger partial charge in [0, 0.05) is 25.2 Å². The minimum absolute atomic E-state index is 0.142. The highest BCUT2D eigenvalue weighted by atomic mass is 19.4. The number of nitrogens with zero attached hydrogens (tertiary/aromatic N) is 3. The van der Waals surface area contributed by atoms with Gasteiger partial charge in [0.1, 0.15) is 0 Å². The minimum Gasteiger partial charge on any atom is -0.356 e. The minimum atomic E-state index is -4.93. The van der Waals surface area contributed by atoms with Crippen LogP contribution in [0.3, 0.4) is 0 Å². The summed E-state index contributed by atoms with van der Waals surface area (Å²) in [5.41, 5.74) is -1.85. The molecule has 0 aromatic heterocycles. The van der Waals surface area contributed by atoms with Crippen molar-refractivity contribution < 1.29 is 23.0 Å². The highest BCUT2D eigenvalue weighted by Gasteiger charge is 2.39. The third-order valence-electron chi connectivity index (χ3n) is 4.24. The van der Waals surface area contributed by atoms with Crippen molar-refractivity contribution >= 4 is 17.1 Å². The van der Waals surface area contributed by atoms with E-state index in [4.69, 9.17) is 0 Å². The van der Waals surface area contributed by atoms with Crippen molar-refractivity contribution in [3.05, 3.63) is 73.3 Å². The lowest BCUT2D eigenvalue weighted by Crippen LogP contribution is -2.31. The predicted molar refractivity (Wildman–Crippen MR) is 85.9 cm³/mol.